The molecule has 0 atom stereocenters. The van der Waals surface area contributed by atoms with Gasteiger partial charge in [-0.1, -0.05) is 18.2 Å². The number of nitrogen functional groups attached to an aromatic ring is 1. The zero-order chi connectivity index (χ0) is 14.5. The lowest BCUT2D eigenvalue weighted by atomic mass is 10.1. The molecule has 0 aliphatic carbocycles. The summed E-state index contributed by atoms with van der Waals surface area (Å²) in [7, 11) is 1.46. The molecule has 0 unspecified atom stereocenters. The number of nitrogens with zero attached hydrogens (tertiary/aromatic N) is 1. The highest BCUT2D eigenvalue weighted by molar-refractivity contribution is 5.67. The Morgan fingerprint density at radius 1 is 1.20 bits per heavy atom. The van der Waals surface area contributed by atoms with Crippen LogP contribution in [0.4, 0.5) is 15.8 Å². The largest absolute Gasteiger partial charge is 0.494 e. The second kappa shape index (κ2) is 6.28. The summed E-state index contributed by atoms with van der Waals surface area (Å²) in [5, 5.41) is 0. The van der Waals surface area contributed by atoms with Gasteiger partial charge in [-0.2, -0.15) is 0 Å². The topological polar surface area (TPSA) is 38.5 Å². The van der Waals surface area contributed by atoms with E-state index in [9.17, 15) is 4.39 Å². The molecule has 106 valence electrons. The SMILES string of the molecule is CCN(Cc1ccc(OC)c(F)c1)c1ccccc1N. The van der Waals surface area contributed by atoms with Crippen LogP contribution in [-0.2, 0) is 6.54 Å². The van der Waals surface area contributed by atoms with E-state index in [2.05, 4.69) is 4.90 Å². The first-order valence-electron chi connectivity index (χ1n) is 6.57. The molecule has 0 aromatic heterocycles. The molecule has 0 radical (unpaired) electrons. The van der Waals surface area contributed by atoms with E-state index in [1.807, 2.05) is 37.3 Å². The lowest BCUT2D eigenvalue weighted by Crippen LogP contribution is -2.23. The van der Waals surface area contributed by atoms with Crippen LogP contribution in [-0.4, -0.2) is 13.7 Å². The minimum Gasteiger partial charge on any atom is -0.494 e. The van der Waals surface area contributed by atoms with E-state index in [0.29, 0.717) is 6.54 Å². The highest BCUT2D eigenvalue weighted by Gasteiger charge is 2.10. The fraction of sp³-hybridized carbons (Fsp3) is 0.250. The van der Waals surface area contributed by atoms with Crippen molar-refractivity contribution in [2.45, 2.75) is 13.5 Å². The third kappa shape index (κ3) is 3.02. The summed E-state index contributed by atoms with van der Waals surface area (Å²) in [6, 6.07) is 12.7. The molecule has 0 amide bonds. The van der Waals surface area contributed by atoms with Gasteiger partial charge in [0.25, 0.3) is 0 Å². The third-order valence-electron chi connectivity index (χ3n) is 3.25. The average molecular weight is 274 g/mol. The molecule has 2 N–H and O–H groups in total. The molecule has 4 heteroatoms. The minimum atomic E-state index is -0.345. The van der Waals surface area contributed by atoms with Crippen molar-refractivity contribution < 1.29 is 9.13 Å². The zero-order valence-corrected chi connectivity index (χ0v) is 11.8. The quantitative estimate of drug-likeness (QED) is 0.849. The predicted molar refractivity (Wildman–Crippen MR) is 80.5 cm³/mol. The normalized spacial score (nSPS) is 10.3. The number of halogens is 1. The number of hydrogen-bond acceptors (Lipinski definition) is 3. The van der Waals surface area contributed by atoms with Gasteiger partial charge < -0.3 is 15.4 Å². The van der Waals surface area contributed by atoms with Gasteiger partial charge in [-0.3, -0.25) is 0 Å². The van der Waals surface area contributed by atoms with E-state index >= 15 is 0 Å². The first-order chi connectivity index (χ1) is 9.65. The van der Waals surface area contributed by atoms with Gasteiger partial charge in [-0.25, -0.2) is 4.39 Å². The third-order valence-corrected chi connectivity index (χ3v) is 3.25. The number of rotatable bonds is 5. The second-order valence-electron chi connectivity index (χ2n) is 4.54. The molecule has 20 heavy (non-hydrogen) atoms. The van der Waals surface area contributed by atoms with E-state index in [-0.39, 0.29) is 11.6 Å². The van der Waals surface area contributed by atoms with Crippen LogP contribution in [0.15, 0.2) is 42.5 Å². The fourth-order valence-corrected chi connectivity index (χ4v) is 2.17. The number of benzene rings is 2. The summed E-state index contributed by atoms with van der Waals surface area (Å²) < 4.78 is 18.6. The van der Waals surface area contributed by atoms with Crippen molar-refractivity contribution in [2.24, 2.45) is 0 Å². The smallest absolute Gasteiger partial charge is 0.165 e. The molecular weight excluding hydrogens is 255 g/mol. The summed E-state index contributed by atoms with van der Waals surface area (Å²) in [5.74, 6) is -0.0851. The first-order valence-corrected chi connectivity index (χ1v) is 6.57. The standard InChI is InChI=1S/C16H19FN2O/c1-3-19(15-7-5-4-6-14(15)18)11-12-8-9-16(20-2)13(17)10-12/h4-10H,3,11,18H2,1-2H3. The molecule has 0 heterocycles. The lowest BCUT2D eigenvalue weighted by molar-refractivity contribution is 0.386. The summed E-state index contributed by atoms with van der Waals surface area (Å²) >= 11 is 0. The maximum atomic E-state index is 13.7. The van der Waals surface area contributed by atoms with E-state index in [0.717, 1.165) is 23.5 Å². The molecule has 0 fully saturated rings. The van der Waals surface area contributed by atoms with Gasteiger partial charge in [0.2, 0.25) is 0 Å². The zero-order valence-electron chi connectivity index (χ0n) is 11.8. The molecule has 2 rings (SSSR count). The van der Waals surface area contributed by atoms with Crippen molar-refractivity contribution in [3.8, 4) is 5.75 Å². The second-order valence-corrected chi connectivity index (χ2v) is 4.54. The Balaban J connectivity index is 2.23. The molecule has 0 saturated heterocycles. The van der Waals surface area contributed by atoms with Gasteiger partial charge in [0.05, 0.1) is 18.5 Å². The maximum Gasteiger partial charge on any atom is 0.165 e. The maximum absolute atomic E-state index is 13.7. The highest BCUT2D eigenvalue weighted by Crippen LogP contribution is 2.25. The molecule has 0 aliphatic heterocycles. The Bertz CT molecular complexity index is 586. The van der Waals surface area contributed by atoms with E-state index < -0.39 is 0 Å². The monoisotopic (exact) mass is 274 g/mol. The summed E-state index contributed by atoms with van der Waals surface area (Å²) in [5.41, 5.74) is 8.56. The van der Waals surface area contributed by atoms with Crippen molar-refractivity contribution in [3.63, 3.8) is 0 Å². The Morgan fingerprint density at radius 2 is 1.95 bits per heavy atom. The Hall–Kier alpha value is -2.23. The average Bonchev–Trinajstić information content (AvgIpc) is 2.46. The summed E-state index contributed by atoms with van der Waals surface area (Å²) in [6.45, 7) is 3.44. The van der Waals surface area contributed by atoms with E-state index in [4.69, 9.17) is 10.5 Å². The number of para-hydroxylation sites is 2. The van der Waals surface area contributed by atoms with Crippen molar-refractivity contribution >= 4 is 11.4 Å². The van der Waals surface area contributed by atoms with Crippen molar-refractivity contribution in [1.29, 1.82) is 0 Å². The van der Waals surface area contributed by atoms with Crippen LogP contribution in [0.2, 0.25) is 0 Å². The molecule has 0 saturated carbocycles. The fourth-order valence-electron chi connectivity index (χ4n) is 2.17. The molecule has 0 aliphatic rings. The first kappa shape index (κ1) is 14.2. The van der Waals surface area contributed by atoms with Crippen LogP contribution >= 0.6 is 0 Å². The number of hydrogen-bond donors (Lipinski definition) is 1. The van der Waals surface area contributed by atoms with Gasteiger partial charge in [0.15, 0.2) is 11.6 Å². The van der Waals surface area contributed by atoms with Crippen molar-refractivity contribution in [3.05, 3.63) is 53.8 Å². The predicted octanol–water partition coefficient (Wildman–Crippen LogP) is 3.44. The number of methoxy groups -OCH3 is 1. The highest BCUT2D eigenvalue weighted by atomic mass is 19.1. The van der Waals surface area contributed by atoms with E-state index in [1.54, 1.807) is 6.07 Å². The van der Waals surface area contributed by atoms with Crippen molar-refractivity contribution in [1.82, 2.24) is 0 Å². The van der Waals surface area contributed by atoms with Gasteiger partial charge in [0.1, 0.15) is 0 Å². The lowest BCUT2D eigenvalue weighted by Gasteiger charge is -2.24. The molecule has 2 aromatic carbocycles. The van der Waals surface area contributed by atoms with E-state index in [1.165, 1.54) is 13.2 Å². The Morgan fingerprint density at radius 3 is 2.55 bits per heavy atom. The number of anilines is 2. The molecule has 0 spiro atoms. The van der Waals surface area contributed by atoms with Crippen LogP contribution in [0.5, 0.6) is 5.75 Å². The van der Waals surface area contributed by atoms with Gasteiger partial charge >= 0.3 is 0 Å². The van der Waals surface area contributed by atoms with Crippen LogP contribution in [0, 0.1) is 5.82 Å². The Labute approximate surface area is 118 Å². The van der Waals surface area contributed by atoms with Crippen LogP contribution < -0.4 is 15.4 Å². The molecule has 0 bridgehead atoms. The summed E-state index contributed by atoms with van der Waals surface area (Å²) in [4.78, 5) is 2.11. The van der Waals surface area contributed by atoms with Gasteiger partial charge in [-0.05, 0) is 36.8 Å². The van der Waals surface area contributed by atoms with Crippen LogP contribution in [0.1, 0.15) is 12.5 Å². The Kier molecular flexibility index (Phi) is 4.45. The minimum absolute atomic E-state index is 0.260. The van der Waals surface area contributed by atoms with Crippen LogP contribution in [0.3, 0.4) is 0 Å². The van der Waals surface area contributed by atoms with Gasteiger partial charge in [0, 0.05) is 13.1 Å². The van der Waals surface area contributed by atoms with Crippen molar-refractivity contribution in [2.75, 3.05) is 24.3 Å². The molecule has 2 aromatic rings. The molecule has 3 nitrogen and oxygen atoms in total. The summed E-state index contributed by atoms with van der Waals surface area (Å²) in [6.07, 6.45) is 0. The van der Waals surface area contributed by atoms with Crippen LogP contribution in [0.25, 0.3) is 0 Å². The van der Waals surface area contributed by atoms with Gasteiger partial charge in [-0.15, -0.1) is 0 Å². The number of ether oxygens (including phenoxy) is 1. The molecular formula is C16H19FN2O. The number of nitrogens with two attached hydrogens (primary N) is 1.